The molecule has 0 aliphatic carbocycles. The summed E-state index contributed by atoms with van der Waals surface area (Å²) in [5.41, 5.74) is 2.96. The minimum atomic E-state index is -0.193. The number of aromatic amines is 1. The van der Waals surface area contributed by atoms with Crippen LogP contribution in [0.3, 0.4) is 0 Å². The molecule has 2 aromatic heterocycles. The molecule has 0 radical (unpaired) electrons. The van der Waals surface area contributed by atoms with Crippen LogP contribution in [-0.2, 0) is 21.5 Å². The highest BCUT2D eigenvalue weighted by Gasteiger charge is 2.32. The van der Waals surface area contributed by atoms with Crippen molar-refractivity contribution in [2.45, 2.75) is 65.6 Å². The van der Waals surface area contributed by atoms with Crippen molar-refractivity contribution in [1.29, 1.82) is 0 Å². The van der Waals surface area contributed by atoms with E-state index in [1.54, 1.807) is 18.1 Å². The van der Waals surface area contributed by atoms with Crippen molar-refractivity contribution in [3.63, 3.8) is 0 Å². The summed E-state index contributed by atoms with van der Waals surface area (Å²) in [6.07, 6.45) is 3.18. The van der Waals surface area contributed by atoms with E-state index >= 15 is 0 Å². The first-order valence-corrected chi connectivity index (χ1v) is 13.5. The molecule has 1 aliphatic rings. The van der Waals surface area contributed by atoms with E-state index in [9.17, 15) is 9.59 Å². The number of aryl methyl sites for hydroxylation is 1. The summed E-state index contributed by atoms with van der Waals surface area (Å²) in [7, 11) is 1.58. The number of fused-ring (bicyclic) bond motifs is 1. The lowest BCUT2D eigenvalue weighted by molar-refractivity contribution is -0.130. The number of ether oxygens (including phenoxy) is 1. The van der Waals surface area contributed by atoms with Crippen molar-refractivity contribution in [3.05, 3.63) is 52.1 Å². The Kier molecular flexibility index (Phi) is 8.37. The van der Waals surface area contributed by atoms with Gasteiger partial charge in [0.1, 0.15) is 11.5 Å². The number of anilines is 1. The van der Waals surface area contributed by atoms with Crippen LogP contribution in [0.5, 0.6) is 0 Å². The minimum Gasteiger partial charge on any atom is -0.381 e. The fraction of sp³-hybridized carbons (Fsp3) is 0.500. The number of carbonyl (C=O) groups excluding carboxylic acids is 2. The molecule has 4 rings (SSSR count). The van der Waals surface area contributed by atoms with Gasteiger partial charge in [-0.2, -0.15) is 5.10 Å². The molecule has 3 heterocycles. The van der Waals surface area contributed by atoms with Gasteiger partial charge in [0.2, 0.25) is 5.91 Å². The molecule has 3 N–H and O–H groups in total. The lowest BCUT2D eigenvalue weighted by Gasteiger charge is -2.39. The molecule has 0 bridgehead atoms. The van der Waals surface area contributed by atoms with Crippen molar-refractivity contribution >= 4 is 40.1 Å². The molecule has 2 amide bonds. The van der Waals surface area contributed by atoms with Crippen LogP contribution in [0.4, 0.5) is 5.82 Å². The molecule has 210 valence electrons. The second-order valence-corrected chi connectivity index (χ2v) is 11.7. The van der Waals surface area contributed by atoms with Gasteiger partial charge in [-0.1, -0.05) is 38.4 Å². The van der Waals surface area contributed by atoms with E-state index in [2.05, 4.69) is 47.7 Å². The van der Waals surface area contributed by atoms with Gasteiger partial charge in [0.05, 0.1) is 30.4 Å². The maximum atomic E-state index is 13.3. The predicted octanol–water partition coefficient (Wildman–Crippen LogP) is 4.35. The zero-order valence-corrected chi connectivity index (χ0v) is 24.4. The standard InChI is InChI=1S/C28H38ClN7O3/c1-16(2)36-23(13-30-26-19-11-20(28(4,5)6)21(29)12-22(19)33-34-26)31-17(3)25(36)27(38)32-18-14-35(15-18)24(37)9-8-10-39-7/h8-9,11-12,16,18H,10,13-15H2,1-7H3,(H,32,38)(H2,30,33,34)/b9-8+. The Labute approximate surface area is 234 Å². The Morgan fingerprint density at radius 3 is 2.64 bits per heavy atom. The molecule has 0 atom stereocenters. The largest absolute Gasteiger partial charge is 0.381 e. The quantitative estimate of drug-likeness (QED) is 0.338. The first-order valence-electron chi connectivity index (χ1n) is 13.2. The Morgan fingerprint density at radius 1 is 1.28 bits per heavy atom. The number of hydrogen-bond donors (Lipinski definition) is 3. The average Bonchev–Trinajstić information content (AvgIpc) is 3.38. The highest BCUT2D eigenvalue weighted by atomic mass is 35.5. The van der Waals surface area contributed by atoms with Crippen molar-refractivity contribution in [2.75, 3.05) is 32.1 Å². The smallest absolute Gasteiger partial charge is 0.270 e. The first-order chi connectivity index (χ1) is 18.4. The van der Waals surface area contributed by atoms with Gasteiger partial charge in [-0.3, -0.25) is 14.7 Å². The Morgan fingerprint density at radius 2 is 2.00 bits per heavy atom. The number of carbonyl (C=O) groups is 2. The van der Waals surface area contributed by atoms with E-state index < -0.39 is 0 Å². The van der Waals surface area contributed by atoms with Crippen LogP contribution in [0.15, 0.2) is 24.3 Å². The van der Waals surface area contributed by atoms with Gasteiger partial charge in [-0.15, -0.1) is 0 Å². The van der Waals surface area contributed by atoms with E-state index in [1.807, 2.05) is 31.4 Å². The van der Waals surface area contributed by atoms with Crippen LogP contribution in [0.25, 0.3) is 10.9 Å². The summed E-state index contributed by atoms with van der Waals surface area (Å²) in [5.74, 6) is 1.16. The lowest BCUT2D eigenvalue weighted by atomic mass is 9.86. The number of likely N-dealkylation sites (tertiary alicyclic amines) is 1. The number of H-pyrrole nitrogens is 1. The number of amides is 2. The summed E-state index contributed by atoms with van der Waals surface area (Å²) >= 11 is 6.53. The number of nitrogens with one attached hydrogen (secondary N) is 3. The summed E-state index contributed by atoms with van der Waals surface area (Å²) in [4.78, 5) is 31.9. The van der Waals surface area contributed by atoms with Crippen LogP contribution in [0, 0.1) is 6.92 Å². The van der Waals surface area contributed by atoms with Gasteiger partial charge >= 0.3 is 0 Å². The number of hydrogen-bond acceptors (Lipinski definition) is 6. The zero-order valence-electron chi connectivity index (χ0n) is 23.7. The number of nitrogens with zero attached hydrogens (tertiary/aromatic N) is 4. The van der Waals surface area contributed by atoms with Crippen LogP contribution in [0.2, 0.25) is 5.02 Å². The van der Waals surface area contributed by atoms with E-state index in [0.29, 0.717) is 48.5 Å². The number of imidazole rings is 1. The van der Waals surface area contributed by atoms with Gasteiger partial charge in [0, 0.05) is 42.7 Å². The maximum Gasteiger partial charge on any atom is 0.270 e. The summed E-state index contributed by atoms with van der Waals surface area (Å²) in [6, 6.07) is 3.88. The van der Waals surface area contributed by atoms with Crippen LogP contribution < -0.4 is 10.6 Å². The molecule has 0 saturated carbocycles. The molecule has 1 saturated heterocycles. The minimum absolute atomic E-state index is 0.0105. The molecule has 1 aliphatic heterocycles. The third-order valence-corrected chi connectivity index (χ3v) is 7.13. The molecular formula is C28H38ClN7O3. The third kappa shape index (κ3) is 6.12. The normalized spacial score (nSPS) is 14.4. The van der Waals surface area contributed by atoms with Gasteiger partial charge < -0.3 is 24.8 Å². The summed E-state index contributed by atoms with van der Waals surface area (Å²) in [5, 5.41) is 15.6. The number of rotatable bonds is 9. The van der Waals surface area contributed by atoms with Crippen LogP contribution >= 0.6 is 11.6 Å². The van der Waals surface area contributed by atoms with Gasteiger partial charge in [-0.05, 0) is 43.9 Å². The Balaban J connectivity index is 1.47. The van der Waals surface area contributed by atoms with Crippen molar-refractivity contribution in [1.82, 2.24) is 30.0 Å². The highest BCUT2D eigenvalue weighted by molar-refractivity contribution is 6.32. The van der Waals surface area contributed by atoms with Crippen molar-refractivity contribution < 1.29 is 14.3 Å². The fourth-order valence-electron chi connectivity index (χ4n) is 4.82. The molecule has 10 nitrogen and oxygen atoms in total. The Hall–Kier alpha value is -3.37. The molecule has 3 aromatic rings. The van der Waals surface area contributed by atoms with Gasteiger partial charge in [0.25, 0.3) is 5.91 Å². The monoisotopic (exact) mass is 555 g/mol. The first kappa shape index (κ1) is 28.6. The summed E-state index contributed by atoms with van der Waals surface area (Å²) in [6.45, 7) is 14.0. The zero-order chi connectivity index (χ0) is 28.5. The van der Waals surface area contributed by atoms with Gasteiger partial charge in [-0.25, -0.2) is 4.98 Å². The maximum absolute atomic E-state index is 13.3. The molecule has 11 heteroatoms. The lowest BCUT2D eigenvalue weighted by Crippen LogP contribution is -2.60. The molecule has 1 fully saturated rings. The van der Waals surface area contributed by atoms with Crippen LogP contribution in [0.1, 0.15) is 68.2 Å². The second kappa shape index (κ2) is 11.4. The summed E-state index contributed by atoms with van der Waals surface area (Å²) < 4.78 is 6.89. The fourth-order valence-corrected chi connectivity index (χ4v) is 5.27. The number of benzene rings is 1. The topological polar surface area (TPSA) is 117 Å². The number of methoxy groups -OCH3 is 1. The average molecular weight is 556 g/mol. The second-order valence-electron chi connectivity index (χ2n) is 11.3. The van der Waals surface area contributed by atoms with E-state index in [1.165, 1.54) is 6.08 Å². The van der Waals surface area contributed by atoms with Crippen molar-refractivity contribution in [3.8, 4) is 0 Å². The number of aromatic nitrogens is 4. The molecule has 1 aromatic carbocycles. The van der Waals surface area contributed by atoms with Crippen molar-refractivity contribution in [2.24, 2.45) is 0 Å². The highest BCUT2D eigenvalue weighted by Crippen LogP contribution is 2.35. The van der Waals surface area contributed by atoms with E-state index in [0.717, 1.165) is 22.3 Å². The molecule has 0 unspecified atom stereocenters. The van der Waals surface area contributed by atoms with Crippen LogP contribution in [-0.4, -0.2) is 69.3 Å². The predicted molar refractivity (Wildman–Crippen MR) is 153 cm³/mol. The third-order valence-electron chi connectivity index (χ3n) is 6.81. The van der Waals surface area contributed by atoms with E-state index in [-0.39, 0.29) is 29.3 Å². The number of halogens is 1. The Bertz CT molecular complexity index is 1390. The molecule has 0 spiro atoms. The molecule has 39 heavy (non-hydrogen) atoms. The van der Waals surface area contributed by atoms with Gasteiger partial charge in [0.15, 0.2) is 5.82 Å². The van der Waals surface area contributed by atoms with E-state index in [4.69, 9.17) is 21.3 Å². The SMILES string of the molecule is COC/C=C/C(=O)N1CC(NC(=O)c2c(C)nc(CNc3n[nH]c4cc(Cl)c(C(C)(C)C)cc34)n2C(C)C)C1. The molecular weight excluding hydrogens is 518 g/mol.